The highest BCUT2D eigenvalue weighted by Crippen LogP contribution is 2.20. The molecule has 26 heavy (non-hydrogen) atoms. The molecule has 7 heteroatoms. The van der Waals surface area contributed by atoms with Crippen LogP contribution in [0, 0.1) is 0 Å². The number of benzene rings is 1. The number of fused-ring (bicyclic) bond motifs is 1. The minimum absolute atomic E-state index is 0.0314. The van der Waals surface area contributed by atoms with Crippen molar-refractivity contribution in [2.75, 3.05) is 19.6 Å². The van der Waals surface area contributed by atoms with Crippen LogP contribution in [0.2, 0.25) is 0 Å². The second kappa shape index (κ2) is 8.14. The standard InChI is InChI=1S/C19H23N3O4/c20-9-8-17(23)21-12-14-6-3-4-10-22(14)18(24)15-11-13-5-1-2-7-16(13)26-19(15)25/h1-2,5,7,11,14H,3-4,6,8-10,12,20H2,(H,21,23). The zero-order valence-corrected chi connectivity index (χ0v) is 14.6. The van der Waals surface area contributed by atoms with Crippen LogP contribution in [0.1, 0.15) is 36.0 Å². The van der Waals surface area contributed by atoms with E-state index < -0.39 is 5.63 Å². The van der Waals surface area contributed by atoms with Crippen LogP contribution in [0.25, 0.3) is 11.0 Å². The largest absolute Gasteiger partial charge is 0.422 e. The Balaban J connectivity index is 1.81. The summed E-state index contributed by atoms with van der Waals surface area (Å²) >= 11 is 0. The fourth-order valence-electron chi connectivity index (χ4n) is 3.30. The first-order valence-electron chi connectivity index (χ1n) is 8.91. The molecule has 0 bridgehead atoms. The summed E-state index contributed by atoms with van der Waals surface area (Å²) in [5, 5.41) is 3.53. The van der Waals surface area contributed by atoms with Gasteiger partial charge in [-0.2, -0.15) is 0 Å². The molecule has 0 aliphatic carbocycles. The van der Waals surface area contributed by atoms with E-state index in [-0.39, 0.29) is 36.4 Å². The molecule has 1 aliphatic rings. The van der Waals surface area contributed by atoms with Crippen LogP contribution >= 0.6 is 0 Å². The van der Waals surface area contributed by atoms with Crippen molar-refractivity contribution in [1.82, 2.24) is 10.2 Å². The van der Waals surface area contributed by atoms with Gasteiger partial charge in [0, 0.05) is 37.5 Å². The molecule has 3 rings (SSSR count). The lowest BCUT2D eigenvalue weighted by Crippen LogP contribution is -2.50. The first-order chi connectivity index (χ1) is 12.6. The third kappa shape index (κ3) is 3.94. The molecule has 2 heterocycles. The number of piperidine rings is 1. The lowest BCUT2D eigenvalue weighted by Gasteiger charge is -2.35. The van der Waals surface area contributed by atoms with Crippen molar-refractivity contribution in [3.05, 3.63) is 46.3 Å². The van der Waals surface area contributed by atoms with Crippen molar-refractivity contribution in [3.63, 3.8) is 0 Å². The van der Waals surface area contributed by atoms with E-state index in [0.717, 1.165) is 19.3 Å². The highest BCUT2D eigenvalue weighted by atomic mass is 16.4. The molecule has 1 atom stereocenters. The Kier molecular flexibility index (Phi) is 5.68. The van der Waals surface area contributed by atoms with Crippen molar-refractivity contribution in [1.29, 1.82) is 0 Å². The lowest BCUT2D eigenvalue weighted by molar-refractivity contribution is -0.121. The maximum absolute atomic E-state index is 13.0. The average molecular weight is 357 g/mol. The van der Waals surface area contributed by atoms with Crippen molar-refractivity contribution in [3.8, 4) is 0 Å². The first kappa shape index (κ1) is 18.1. The number of rotatable bonds is 5. The number of carbonyl (C=O) groups excluding carboxylic acids is 2. The normalized spacial score (nSPS) is 17.3. The number of nitrogens with two attached hydrogens (primary N) is 1. The van der Waals surface area contributed by atoms with Crippen LogP contribution in [0.4, 0.5) is 0 Å². The summed E-state index contributed by atoms with van der Waals surface area (Å²) in [6.45, 7) is 1.21. The van der Waals surface area contributed by atoms with Gasteiger partial charge in [0.05, 0.1) is 0 Å². The van der Waals surface area contributed by atoms with Crippen molar-refractivity contribution >= 4 is 22.8 Å². The SMILES string of the molecule is NCCC(=O)NCC1CCCCN1C(=O)c1cc2ccccc2oc1=O. The molecule has 0 radical (unpaired) electrons. The smallest absolute Gasteiger partial charge is 0.349 e. The van der Waals surface area contributed by atoms with Gasteiger partial charge in [-0.05, 0) is 31.4 Å². The summed E-state index contributed by atoms with van der Waals surface area (Å²) in [6.07, 6.45) is 2.90. The molecule has 1 aromatic carbocycles. The van der Waals surface area contributed by atoms with Gasteiger partial charge in [-0.1, -0.05) is 18.2 Å². The fourth-order valence-corrected chi connectivity index (χ4v) is 3.30. The molecular formula is C19H23N3O4. The zero-order valence-electron chi connectivity index (χ0n) is 14.6. The quantitative estimate of drug-likeness (QED) is 0.784. The number of hydrogen-bond donors (Lipinski definition) is 2. The molecule has 138 valence electrons. The van der Waals surface area contributed by atoms with Gasteiger partial charge >= 0.3 is 5.63 Å². The lowest BCUT2D eigenvalue weighted by atomic mass is 10.0. The monoisotopic (exact) mass is 357 g/mol. The van der Waals surface area contributed by atoms with E-state index in [1.165, 1.54) is 0 Å². The zero-order chi connectivity index (χ0) is 18.5. The van der Waals surface area contributed by atoms with E-state index in [4.69, 9.17) is 10.2 Å². The van der Waals surface area contributed by atoms with Gasteiger partial charge in [0.1, 0.15) is 11.1 Å². The second-order valence-corrected chi connectivity index (χ2v) is 6.48. The van der Waals surface area contributed by atoms with Crippen molar-refractivity contribution in [2.45, 2.75) is 31.7 Å². The molecule has 0 spiro atoms. The first-order valence-corrected chi connectivity index (χ1v) is 8.91. The van der Waals surface area contributed by atoms with Crippen LogP contribution in [-0.4, -0.2) is 42.4 Å². The molecule has 1 aromatic heterocycles. The molecule has 0 saturated carbocycles. The Morgan fingerprint density at radius 1 is 1.27 bits per heavy atom. The van der Waals surface area contributed by atoms with Crippen LogP contribution in [-0.2, 0) is 4.79 Å². The predicted octanol–water partition coefficient (Wildman–Crippen LogP) is 1.25. The number of amides is 2. The van der Waals surface area contributed by atoms with Gasteiger partial charge in [0.2, 0.25) is 5.91 Å². The highest BCUT2D eigenvalue weighted by molar-refractivity contribution is 5.97. The summed E-state index contributed by atoms with van der Waals surface area (Å²) < 4.78 is 5.28. The van der Waals surface area contributed by atoms with Gasteiger partial charge in [0.15, 0.2) is 0 Å². The number of nitrogens with one attached hydrogen (secondary N) is 1. The number of para-hydroxylation sites is 1. The fraction of sp³-hybridized carbons (Fsp3) is 0.421. The van der Waals surface area contributed by atoms with Gasteiger partial charge < -0.3 is 20.4 Å². The maximum atomic E-state index is 13.0. The summed E-state index contributed by atoms with van der Waals surface area (Å²) in [4.78, 5) is 38.6. The Hall–Kier alpha value is -2.67. The van der Waals surface area contributed by atoms with E-state index in [1.54, 1.807) is 29.2 Å². The van der Waals surface area contributed by atoms with Crippen LogP contribution in [0.5, 0.6) is 0 Å². The van der Waals surface area contributed by atoms with Gasteiger partial charge in [-0.3, -0.25) is 9.59 Å². The Morgan fingerprint density at radius 3 is 2.88 bits per heavy atom. The maximum Gasteiger partial charge on any atom is 0.349 e. The molecule has 2 aromatic rings. The minimum Gasteiger partial charge on any atom is -0.422 e. The predicted molar refractivity (Wildman–Crippen MR) is 97.8 cm³/mol. The minimum atomic E-state index is -0.634. The van der Waals surface area contributed by atoms with E-state index >= 15 is 0 Å². The Bertz CT molecular complexity index is 861. The van der Waals surface area contributed by atoms with Crippen molar-refractivity contribution < 1.29 is 14.0 Å². The van der Waals surface area contributed by atoms with E-state index in [1.807, 2.05) is 6.07 Å². The van der Waals surface area contributed by atoms with Gasteiger partial charge in [-0.25, -0.2) is 4.79 Å². The van der Waals surface area contributed by atoms with E-state index in [0.29, 0.717) is 24.1 Å². The molecule has 2 amide bonds. The van der Waals surface area contributed by atoms with Gasteiger partial charge in [-0.15, -0.1) is 0 Å². The second-order valence-electron chi connectivity index (χ2n) is 6.48. The van der Waals surface area contributed by atoms with E-state index in [2.05, 4.69) is 5.32 Å². The molecule has 1 fully saturated rings. The average Bonchev–Trinajstić information content (AvgIpc) is 2.66. The summed E-state index contributed by atoms with van der Waals surface area (Å²) in [5.74, 6) is -0.474. The van der Waals surface area contributed by atoms with E-state index in [9.17, 15) is 14.4 Å². The number of hydrogen-bond acceptors (Lipinski definition) is 5. The molecular weight excluding hydrogens is 334 g/mol. The number of nitrogens with zero attached hydrogens (tertiary/aromatic N) is 1. The summed E-state index contributed by atoms with van der Waals surface area (Å²) in [6, 6.07) is 8.55. The van der Waals surface area contributed by atoms with Crippen LogP contribution in [0.3, 0.4) is 0 Å². The molecule has 7 nitrogen and oxygen atoms in total. The number of carbonyl (C=O) groups is 2. The summed E-state index contributed by atoms with van der Waals surface area (Å²) in [5.41, 5.74) is 5.24. The molecule has 1 saturated heterocycles. The van der Waals surface area contributed by atoms with Crippen molar-refractivity contribution in [2.24, 2.45) is 5.73 Å². The third-order valence-corrected chi connectivity index (χ3v) is 4.67. The highest BCUT2D eigenvalue weighted by Gasteiger charge is 2.29. The topological polar surface area (TPSA) is 106 Å². The summed E-state index contributed by atoms with van der Waals surface area (Å²) in [7, 11) is 0. The number of likely N-dealkylation sites (tertiary alicyclic amines) is 1. The molecule has 1 unspecified atom stereocenters. The molecule has 1 aliphatic heterocycles. The third-order valence-electron chi connectivity index (χ3n) is 4.67. The Morgan fingerprint density at radius 2 is 2.08 bits per heavy atom. The van der Waals surface area contributed by atoms with Gasteiger partial charge in [0.25, 0.3) is 5.91 Å². The molecule has 3 N–H and O–H groups in total. The van der Waals surface area contributed by atoms with Crippen LogP contribution < -0.4 is 16.7 Å². The van der Waals surface area contributed by atoms with Crippen LogP contribution in [0.15, 0.2) is 39.5 Å². The Labute approximate surface area is 151 Å².